The third-order valence-corrected chi connectivity index (χ3v) is 5.87. The van der Waals surface area contributed by atoms with Crippen LogP contribution < -0.4 is 14.8 Å². The van der Waals surface area contributed by atoms with E-state index in [4.69, 9.17) is 14.2 Å². The molecule has 0 radical (unpaired) electrons. The van der Waals surface area contributed by atoms with E-state index < -0.39 is 0 Å². The van der Waals surface area contributed by atoms with Gasteiger partial charge in [0.2, 0.25) is 0 Å². The van der Waals surface area contributed by atoms with Gasteiger partial charge in [0.15, 0.2) is 11.5 Å². The van der Waals surface area contributed by atoms with Gasteiger partial charge in [0.1, 0.15) is 5.00 Å². The summed E-state index contributed by atoms with van der Waals surface area (Å²) in [7, 11) is 3.24. The molecule has 4 rings (SSSR count). The minimum atomic E-state index is -0.100. The number of methoxy groups -OCH3 is 2. The summed E-state index contributed by atoms with van der Waals surface area (Å²) in [6.07, 6.45) is 0. The highest BCUT2D eigenvalue weighted by atomic mass is 32.1. The standard InChI is InChI=1S/C21H22N2O4S/c1-25-16-8-7-14(13-17(16)26-2)19-15-5-3-4-6-18(15)28-20(19)22-21(24)23-9-11-27-12-10-23/h3-8,13H,9-12H2,1-2H3,(H,22,24). The molecule has 28 heavy (non-hydrogen) atoms. The molecule has 3 aromatic rings. The van der Waals surface area contributed by atoms with Crippen LogP contribution in [0.2, 0.25) is 0 Å². The Morgan fingerprint density at radius 2 is 1.82 bits per heavy atom. The second kappa shape index (κ2) is 8.08. The first-order valence-corrected chi connectivity index (χ1v) is 9.90. The lowest BCUT2D eigenvalue weighted by atomic mass is 10.0. The molecular weight excluding hydrogens is 376 g/mol. The zero-order valence-electron chi connectivity index (χ0n) is 15.9. The zero-order valence-corrected chi connectivity index (χ0v) is 16.7. The van der Waals surface area contributed by atoms with E-state index in [1.54, 1.807) is 30.5 Å². The fourth-order valence-corrected chi connectivity index (χ4v) is 4.47. The Kier molecular flexibility index (Phi) is 5.36. The lowest BCUT2D eigenvalue weighted by Crippen LogP contribution is -2.43. The van der Waals surface area contributed by atoms with Crippen molar-refractivity contribution in [3.63, 3.8) is 0 Å². The molecule has 0 saturated carbocycles. The first kappa shape index (κ1) is 18.6. The monoisotopic (exact) mass is 398 g/mol. The summed E-state index contributed by atoms with van der Waals surface area (Å²) in [6, 6.07) is 13.9. The van der Waals surface area contributed by atoms with Crippen molar-refractivity contribution < 1.29 is 19.0 Å². The molecule has 1 aliphatic heterocycles. The molecule has 2 amide bonds. The number of carbonyl (C=O) groups excluding carboxylic acids is 1. The fourth-order valence-electron chi connectivity index (χ4n) is 3.35. The quantitative estimate of drug-likeness (QED) is 0.705. The highest BCUT2D eigenvalue weighted by Crippen LogP contribution is 2.44. The number of nitrogens with zero attached hydrogens (tertiary/aromatic N) is 1. The third kappa shape index (κ3) is 3.50. The molecule has 1 saturated heterocycles. The number of hydrogen-bond acceptors (Lipinski definition) is 5. The van der Waals surface area contributed by atoms with Crippen LogP contribution >= 0.6 is 11.3 Å². The molecule has 0 atom stereocenters. The molecule has 1 N–H and O–H groups in total. The number of morpholine rings is 1. The number of anilines is 1. The molecule has 0 unspecified atom stereocenters. The number of nitrogens with one attached hydrogen (secondary N) is 1. The van der Waals surface area contributed by atoms with E-state index in [1.807, 2.05) is 30.3 Å². The molecule has 0 aliphatic carbocycles. The van der Waals surface area contributed by atoms with Gasteiger partial charge >= 0.3 is 6.03 Å². The number of ether oxygens (including phenoxy) is 3. The Labute approximate surface area is 167 Å². The Bertz CT molecular complexity index is 995. The van der Waals surface area contributed by atoms with E-state index >= 15 is 0 Å². The van der Waals surface area contributed by atoms with Gasteiger partial charge in [0, 0.05) is 28.7 Å². The van der Waals surface area contributed by atoms with E-state index in [0.717, 1.165) is 26.2 Å². The molecule has 2 aromatic carbocycles. The smallest absolute Gasteiger partial charge is 0.322 e. The summed E-state index contributed by atoms with van der Waals surface area (Å²) in [5.74, 6) is 1.32. The van der Waals surface area contributed by atoms with Crippen molar-refractivity contribution in [2.75, 3.05) is 45.8 Å². The van der Waals surface area contributed by atoms with Crippen LogP contribution in [0, 0.1) is 0 Å². The maximum absolute atomic E-state index is 12.8. The van der Waals surface area contributed by atoms with Crippen LogP contribution in [-0.4, -0.2) is 51.5 Å². The highest BCUT2D eigenvalue weighted by molar-refractivity contribution is 7.23. The van der Waals surface area contributed by atoms with Crippen LogP contribution in [0.3, 0.4) is 0 Å². The van der Waals surface area contributed by atoms with Crippen molar-refractivity contribution in [1.29, 1.82) is 0 Å². The van der Waals surface area contributed by atoms with Crippen molar-refractivity contribution in [3.05, 3.63) is 42.5 Å². The van der Waals surface area contributed by atoms with Crippen LogP contribution in [0.1, 0.15) is 0 Å². The average Bonchev–Trinajstić information content (AvgIpc) is 3.11. The first-order chi connectivity index (χ1) is 13.7. The number of rotatable bonds is 4. The molecule has 1 aromatic heterocycles. The number of amides is 2. The number of fused-ring (bicyclic) bond motifs is 1. The second-order valence-electron chi connectivity index (χ2n) is 6.40. The van der Waals surface area contributed by atoms with Gasteiger partial charge in [-0.1, -0.05) is 24.3 Å². The molecule has 2 heterocycles. The van der Waals surface area contributed by atoms with Gasteiger partial charge < -0.3 is 19.1 Å². The predicted octanol–water partition coefficient (Wildman–Crippen LogP) is 4.45. The van der Waals surface area contributed by atoms with Gasteiger partial charge in [-0.3, -0.25) is 5.32 Å². The fraction of sp³-hybridized carbons (Fsp3) is 0.286. The minimum absolute atomic E-state index is 0.100. The van der Waals surface area contributed by atoms with Crippen molar-refractivity contribution in [1.82, 2.24) is 4.90 Å². The summed E-state index contributed by atoms with van der Waals surface area (Å²) in [5.41, 5.74) is 1.95. The SMILES string of the molecule is COc1ccc(-c2c(NC(=O)N3CCOCC3)sc3ccccc23)cc1OC. The molecular formula is C21H22N2O4S. The van der Waals surface area contributed by atoms with E-state index in [-0.39, 0.29) is 6.03 Å². The lowest BCUT2D eigenvalue weighted by molar-refractivity contribution is 0.0565. The molecule has 1 aliphatic rings. The van der Waals surface area contributed by atoms with Crippen molar-refractivity contribution in [2.45, 2.75) is 0 Å². The second-order valence-corrected chi connectivity index (χ2v) is 7.45. The van der Waals surface area contributed by atoms with E-state index in [9.17, 15) is 4.79 Å². The summed E-state index contributed by atoms with van der Waals surface area (Å²) < 4.78 is 17.3. The van der Waals surface area contributed by atoms with Crippen LogP contribution in [0.5, 0.6) is 11.5 Å². The van der Waals surface area contributed by atoms with Gasteiger partial charge in [-0.15, -0.1) is 11.3 Å². The first-order valence-electron chi connectivity index (χ1n) is 9.09. The van der Waals surface area contributed by atoms with Crippen LogP contribution in [-0.2, 0) is 4.74 Å². The van der Waals surface area contributed by atoms with Gasteiger partial charge in [-0.05, 0) is 23.8 Å². The maximum atomic E-state index is 12.8. The molecule has 0 bridgehead atoms. The van der Waals surface area contributed by atoms with Crippen molar-refractivity contribution >= 4 is 32.5 Å². The Morgan fingerprint density at radius 3 is 2.57 bits per heavy atom. The normalized spacial score (nSPS) is 14.1. The summed E-state index contributed by atoms with van der Waals surface area (Å²) >= 11 is 1.57. The topological polar surface area (TPSA) is 60.0 Å². The van der Waals surface area contributed by atoms with Gasteiger partial charge in [0.05, 0.1) is 27.4 Å². The van der Waals surface area contributed by atoms with Gasteiger partial charge in [0.25, 0.3) is 0 Å². The van der Waals surface area contributed by atoms with E-state index in [1.165, 1.54) is 0 Å². The number of carbonyl (C=O) groups is 1. The number of urea groups is 1. The van der Waals surface area contributed by atoms with Gasteiger partial charge in [-0.25, -0.2) is 4.79 Å². The molecule has 0 spiro atoms. The molecule has 7 heteroatoms. The Hall–Kier alpha value is -2.77. The Morgan fingerprint density at radius 1 is 1.07 bits per heavy atom. The van der Waals surface area contributed by atoms with E-state index in [0.29, 0.717) is 37.8 Å². The predicted molar refractivity (Wildman–Crippen MR) is 112 cm³/mol. The summed E-state index contributed by atoms with van der Waals surface area (Å²) in [4.78, 5) is 14.6. The molecule has 146 valence electrons. The molecule has 1 fully saturated rings. The Balaban J connectivity index is 1.76. The van der Waals surface area contributed by atoms with Crippen LogP contribution in [0.25, 0.3) is 21.2 Å². The highest BCUT2D eigenvalue weighted by Gasteiger charge is 2.21. The molecule has 6 nitrogen and oxygen atoms in total. The van der Waals surface area contributed by atoms with E-state index in [2.05, 4.69) is 17.4 Å². The van der Waals surface area contributed by atoms with Crippen LogP contribution in [0.4, 0.5) is 9.80 Å². The van der Waals surface area contributed by atoms with Crippen molar-refractivity contribution in [3.8, 4) is 22.6 Å². The van der Waals surface area contributed by atoms with Crippen LogP contribution in [0.15, 0.2) is 42.5 Å². The van der Waals surface area contributed by atoms with Crippen molar-refractivity contribution in [2.24, 2.45) is 0 Å². The zero-order chi connectivity index (χ0) is 19.5. The largest absolute Gasteiger partial charge is 0.493 e. The number of thiophene rings is 1. The average molecular weight is 398 g/mol. The summed E-state index contributed by atoms with van der Waals surface area (Å²) in [6.45, 7) is 2.34. The minimum Gasteiger partial charge on any atom is -0.493 e. The third-order valence-electron chi connectivity index (χ3n) is 4.79. The maximum Gasteiger partial charge on any atom is 0.322 e. The summed E-state index contributed by atoms with van der Waals surface area (Å²) in [5, 5.41) is 5.03. The number of hydrogen-bond donors (Lipinski definition) is 1. The number of benzene rings is 2. The van der Waals surface area contributed by atoms with Gasteiger partial charge in [-0.2, -0.15) is 0 Å². The lowest BCUT2D eigenvalue weighted by Gasteiger charge is -2.26.